The van der Waals surface area contributed by atoms with Gasteiger partial charge in [-0.05, 0) is 30.4 Å². The number of hydrogen-bond donors (Lipinski definition) is 2. The van der Waals surface area contributed by atoms with E-state index in [0.29, 0.717) is 18.4 Å². The zero-order chi connectivity index (χ0) is 14.1. The summed E-state index contributed by atoms with van der Waals surface area (Å²) in [5.41, 5.74) is 0.903. The maximum Gasteiger partial charge on any atom is 0.268 e. The zero-order valence-corrected chi connectivity index (χ0v) is 10.7. The SMILES string of the molecule is O=C(NC1CC(c2ccccc2F)C1)c1cc(F)c[nH]1. The second kappa shape index (κ2) is 5.07. The Labute approximate surface area is 115 Å². The molecule has 1 aliphatic carbocycles. The number of aromatic nitrogens is 1. The fourth-order valence-corrected chi connectivity index (χ4v) is 2.56. The Hall–Kier alpha value is -2.17. The average molecular weight is 276 g/mol. The Bertz CT molecular complexity index is 632. The number of H-pyrrole nitrogens is 1. The molecule has 5 heteroatoms. The van der Waals surface area contributed by atoms with Crippen LogP contribution in [-0.4, -0.2) is 16.9 Å². The lowest BCUT2D eigenvalue weighted by molar-refractivity contribution is 0.0904. The molecule has 1 heterocycles. The number of hydrogen-bond acceptors (Lipinski definition) is 1. The molecule has 2 aromatic rings. The first-order chi connectivity index (χ1) is 9.63. The molecular weight excluding hydrogens is 262 g/mol. The topological polar surface area (TPSA) is 44.9 Å². The Morgan fingerprint density at radius 1 is 1.25 bits per heavy atom. The molecule has 0 atom stereocenters. The molecule has 0 bridgehead atoms. The van der Waals surface area contributed by atoms with Crippen molar-refractivity contribution < 1.29 is 13.6 Å². The highest BCUT2D eigenvalue weighted by Crippen LogP contribution is 2.38. The molecule has 1 aromatic heterocycles. The van der Waals surface area contributed by atoms with E-state index in [4.69, 9.17) is 0 Å². The first-order valence-electron chi connectivity index (χ1n) is 6.52. The van der Waals surface area contributed by atoms with Crippen molar-refractivity contribution in [2.24, 2.45) is 0 Å². The number of nitrogens with one attached hydrogen (secondary N) is 2. The third-order valence-corrected chi connectivity index (χ3v) is 3.71. The largest absolute Gasteiger partial charge is 0.355 e. The van der Waals surface area contributed by atoms with Crippen molar-refractivity contribution in [3.8, 4) is 0 Å². The molecular formula is C15H14F2N2O. The van der Waals surface area contributed by atoms with Crippen molar-refractivity contribution in [3.05, 3.63) is 59.4 Å². The smallest absolute Gasteiger partial charge is 0.268 e. The standard InChI is InChI=1S/C15H14F2N2O/c16-10-7-14(18-8-10)15(20)19-11-5-9(6-11)12-3-1-2-4-13(12)17/h1-4,7-9,11,18H,5-6H2,(H,19,20). The van der Waals surface area contributed by atoms with Gasteiger partial charge in [-0.15, -0.1) is 0 Å². The van der Waals surface area contributed by atoms with Crippen LogP contribution in [0, 0.1) is 11.6 Å². The summed E-state index contributed by atoms with van der Waals surface area (Å²) in [5.74, 6) is -0.852. The number of aromatic amines is 1. The van der Waals surface area contributed by atoms with Crippen molar-refractivity contribution in [2.45, 2.75) is 24.8 Å². The minimum Gasteiger partial charge on any atom is -0.355 e. The van der Waals surface area contributed by atoms with Crippen LogP contribution in [0.1, 0.15) is 34.8 Å². The van der Waals surface area contributed by atoms with Crippen LogP contribution in [0.2, 0.25) is 0 Å². The highest BCUT2D eigenvalue weighted by Gasteiger charge is 2.33. The fourth-order valence-electron chi connectivity index (χ4n) is 2.56. The van der Waals surface area contributed by atoms with Gasteiger partial charge in [0.1, 0.15) is 17.3 Å². The van der Waals surface area contributed by atoms with Crippen LogP contribution >= 0.6 is 0 Å². The normalized spacial score (nSPS) is 21.3. The molecule has 1 saturated carbocycles. The summed E-state index contributed by atoms with van der Waals surface area (Å²) < 4.78 is 26.4. The summed E-state index contributed by atoms with van der Waals surface area (Å²) in [6.07, 6.45) is 2.55. The molecule has 1 aliphatic rings. The summed E-state index contributed by atoms with van der Waals surface area (Å²) >= 11 is 0. The number of halogens is 2. The summed E-state index contributed by atoms with van der Waals surface area (Å²) in [6.45, 7) is 0. The Kier molecular flexibility index (Phi) is 3.26. The van der Waals surface area contributed by atoms with Crippen molar-refractivity contribution in [1.82, 2.24) is 10.3 Å². The number of rotatable bonds is 3. The van der Waals surface area contributed by atoms with Crippen LogP contribution in [0.5, 0.6) is 0 Å². The lowest BCUT2D eigenvalue weighted by Gasteiger charge is -2.36. The maximum absolute atomic E-state index is 13.6. The van der Waals surface area contributed by atoms with Gasteiger partial charge in [0, 0.05) is 18.3 Å². The van der Waals surface area contributed by atoms with Gasteiger partial charge in [0.25, 0.3) is 5.91 Å². The van der Waals surface area contributed by atoms with Gasteiger partial charge in [-0.3, -0.25) is 4.79 Å². The lowest BCUT2D eigenvalue weighted by Crippen LogP contribution is -2.43. The Morgan fingerprint density at radius 3 is 2.65 bits per heavy atom. The number of carbonyl (C=O) groups excluding carboxylic acids is 1. The van der Waals surface area contributed by atoms with Gasteiger partial charge in [0.05, 0.1) is 0 Å². The highest BCUT2D eigenvalue weighted by molar-refractivity contribution is 5.92. The van der Waals surface area contributed by atoms with Crippen LogP contribution in [0.15, 0.2) is 36.5 Å². The zero-order valence-electron chi connectivity index (χ0n) is 10.7. The predicted octanol–water partition coefficient (Wildman–Crippen LogP) is 2.97. The molecule has 2 N–H and O–H groups in total. The van der Waals surface area contributed by atoms with Gasteiger partial charge in [-0.2, -0.15) is 0 Å². The van der Waals surface area contributed by atoms with Crippen LogP contribution in [0.3, 0.4) is 0 Å². The van der Waals surface area contributed by atoms with Crippen LogP contribution in [0.25, 0.3) is 0 Å². The van der Waals surface area contributed by atoms with E-state index in [1.165, 1.54) is 6.07 Å². The van der Waals surface area contributed by atoms with E-state index in [1.807, 2.05) is 6.07 Å². The third-order valence-electron chi connectivity index (χ3n) is 3.71. The number of benzene rings is 1. The third kappa shape index (κ3) is 2.43. The van der Waals surface area contributed by atoms with Gasteiger partial charge in [-0.1, -0.05) is 18.2 Å². The van der Waals surface area contributed by atoms with E-state index in [2.05, 4.69) is 10.3 Å². The first-order valence-corrected chi connectivity index (χ1v) is 6.52. The number of amides is 1. The molecule has 3 nitrogen and oxygen atoms in total. The molecule has 0 radical (unpaired) electrons. The second-order valence-corrected chi connectivity index (χ2v) is 5.09. The Balaban J connectivity index is 1.56. The monoisotopic (exact) mass is 276 g/mol. The van der Waals surface area contributed by atoms with Crippen LogP contribution < -0.4 is 5.32 Å². The average Bonchev–Trinajstić information content (AvgIpc) is 2.81. The van der Waals surface area contributed by atoms with Crippen molar-refractivity contribution in [1.29, 1.82) is 0 Å². The predicted molar refractivity (Wildman–Crippen MR) is 70.4 cm³/mol. The quantitative estimate of drug-likeness (QED) is 0.889. The molecule has 0 aliphatic heterocycles. The summed E-state index contributed by atoms with van der Waals surface area (Å²) in [6, 6.07) is 7.87. The van der Waals surface area contributed by atoms with E-state index >= 15 is 0 Å². The molecule has 1 fully saturated rings. The summed E-state index contributed by atoms with van der Waals surface area (Å²) in [4.78, 5) is 14.4. The first kappa shape index (κ1) is 12.8. The van der Waals surface area contributed by atoms with Crippen LogP contribution in [-0.2, 0) is 0 Å². The van der Waals surface area contributed by atoms with Gasteiger partial charge in [-0.25, -0.2) is 8.78 Å². The molecule has 3 rings (SSSR count). The minimum atomic E-state index is -0.465. The van der Waals surface area contributed by atoms with Gasteiger partial charge >= 0.3 is 0 Å². The summed E-state index contributed by atoms with van der Waals surface area (Å²) in [7, 11) is 0. The molecule has 0 saturated heterocycles. The number of carbonyl (C=O) groups is 1. The molecule has 1 amide bonds. The van der Waals surface area contributed by atoms with Crippen molar-refractivity contribution >= 4 is 5.91 Å². The minimum absolute atomic E-state index is 0.0125. The van der Waals surface area contributed by atoms with Crippen molar-refractivity contribution in [2.75, 3.05) is 0 Å². The van der Waals surface area contributed by atoms with Gasteiger partial charge < -0.3 is 10.3 Å². The maximum atomic E-state index is 13.6. The highest BCUT2D eigenvalue weighted by atomic mass is 19.1. The summed E-state index contributed by atoms with van der Waals surface area (Å²) in [5, 5.41) is 2.81. The lowest BCUT2D eigenvalue weighted by atomic mass is 9.75. The van der Waals surface area contributed by atoms with E-state index in [1.54, 1.807) is 12.1 Å². The van der Waals surface area contributed by atoms with Crippen molar-refractivity contribution in [3.63, 3.8) is 0 Å². The molecule has 104 valence electrons. The Morgan fingerprint density at radius 2 is 2.00 bits per heavy atom. The molecule has 0 spiro atoms. The van der Waals surface area contributed by atoms with E-state index < -0.39 is 5.82 Å². The molecule has 0 unspecified atom stereocenters. The molecule has 1 aromatic carbocycles. The second-order valence-electron chi connectivity index (χ2n) is 5.09. The van der Waals surface area contributed by atoms with Gasteiger partial charge in [0.15, 0.2) is 0 Å². The van der Waals surface area contributed by atoms with E-state index in [-0.39, 0.29) is 29.4 Å². The van der Waals surface area contributed by atoms with Crippen LogP contribution in [0.4, 0.5) is 8.78 Å². The van der Waals surface area contributed by atoms with Gasteiger partial charge in [0.2, 0.25) is 0 Å². The van der Waals surface area contributed by atoms with E-state index in [9.17, 15) is 13.6 Å². The van der Waals surface area contributed by atoms with E-state index in [0.717, 1.165) is 12.3 Å². The molecule has 20 heavy (non-hydrogen) atoms. The fraction of sp³-hybridized carbons (Fsp3) is 0.267.